The Balaban J connectivity index is 1.39. The minimum atomic E-state index is -1.53. The van der Waals surface area contributed by atoms with Crippen molar-refractivity contribution >= 4 is 35.4 Å². The molecular weight excluding hydrogens is 637 g/mol. The lowest BCUT2D eigenvalue weighted by Crippen LogP contribution is -2.43. The van der Waals surface area contributed by atoms with Gasteiger partial charge in [0, 0.05) is 25.7 Å². The van der Waals surface area contributed by atoms with Crippen molar-refractivity contribution in [1.29, 1.82) is 0 Å². The number of alkyl carbamates (subject to hydrolysis) is 1. The van der Waals surface area contributed by atoms with Crippen molar-refractivity contribution in [1.82, 2.24) is 16.0 Å². The quantitative estimate of drug-likeness (QED) is 0.113. The van der Waals surface area contributed by atoms with Gasteiger partial charge >= 0.3 is 12.1 Å². The molecule has 0 aliphatic rings. The van der Waals surface area contributed by atoms with Crippen LogP contribution in [0.5, 0.6) is 0 Å². The van der Waals surface area contributed by atoms with Gasteiger partial charge in [0.2, 0.25) is 11.8 Å². The van der Waals surface area contributed by atoms with Crippen LogP contribution in [0.3, 0.4) is 0 Å². The Morgan fingerprint density at radius 3 is 1.78 bits per heavy atom. The molecule has 0 heterocycles. The standard InChI is InChI=1S/C36H40FN3O9/c37-21-32(35(45)47-23-27-12-6-2-7-13-27)49-25-39-33(43)19-17-31(42)30(20-26-10-4-1-5-11-26)40-34(44)18-16-29(41)22-38-36(46)48-24-28-14-8-3-9-15-28/h1-15,30,32H,16-25H2,(H,38,46)(H,39,43)(H,40,44)/t30-,32?/m0/s1. The molecule has 12 nitrogen and oxygen atoms in total. The van der Waals surface area contributed by atoms with E-state index in [0.29, 0.717) is 5.56 Å². The van der Waals surface area contributed by atoms with Gasteiger partial charge in [-0.3, -0.25) is 19.2 Å². The first-order valence-corrected chi connectivity index (χ1v) is 15.7. The maximum absolute atomic E-state index is 13.4. The van der Waals surface area contributed by atoms with Crippen molar-refractivity contribution in [2.24, 2.45) is 0 Å². The highest BCUT2D eigenvalue weighted by Crippen LogP contribution is 2.09. The van der Waals surface area contributed by atoms with Crippen molar-refractivity contribution in [2.45, 2.75) is 57.5 Å². The molecular formula is C36H40FN3O9. The SMILES string of the molecule is O=C(CCC(=O)N[C@@H](Cc1ccccc1)C(=O)CCC(=O)NCOC(CF)C(=O)OCc1ccccc1)CNC(=O)OCc1ccccc1. The predicted octanol–water partition coefficient (Wildman–Crippen LogP) is 3.51. The summed E-state index contributed by atoms with van der Waals surface area (Å²) in [6.45, 7) is -1.99. The summed E-state index contributed by atoms with van der Waals surface area (Å²) < 4.78 is 28.6. The van der Waals surface area contributed by atoms with Gasteiger partial charge in [0.15, 0.2) is 17.7 Å². The highest BCUT2D eigenvalue weighted by Gasteiger charge is 2.24. The van der Waals surface area contributed by atoms with Crippen LogP contribution in [0.1, 0.15) is 42.4 Å². The molecule has 3 amide bonds. The lowest BCUT2D eigenvalue weighted by atomic mass is 9.99. The van der Waals surface area contributed by atoms with Crippen molar-refractivity contribution in [3.63, 3.8) is 0 Å². The average molecular weight is 678 g/mol. The summed E-state index contributed by atoms with van der Waals surface area (Å²) in [4.78, 5) is 74.5. The molecule has 0 fully saturated rings. The third-order valence-corrected chi connectivity index (χ3v) is 7.06. The minimum Gasteiger partial charge on any atom is -0.459 e. The van der Waals surface area contributed by atoms with Gasteiger partial charge in [-0.2, -0.15) is 0 Å². The number of hydrogen-bond donors (Lipinski definition) is 3. The van der Waals surface area contributed by atoms with E-state index in [9.17, 15) is 33.2 Å². The number of Topliss-reactive ketones (excluding diaryl/α,β-unsaturated/α-hetero) is 2. The number of ether oxygens (including phenoxy) is 3. The number of benzene rings is 3. The van der Waals surface area contributed by atoms with E-state index >= 15 is 0 Å². The van der Waals surface area contributed by atoms with Gasteiger partial charge in [-0.25, -0.2) is 14.0 Å². The normalized spacial score (nSPS) is 11.8. The summed E-state index contributed by atoms with van der Waals surface area (Å²) in [7, 11) is 0. The highest BCUT2D eigenvalue weighted by molar-refractivity contribution is 5.93. The van der Waals surface area contributed by atoms with Crippen molar-refractivity contribution in [3.05, 3.63) is 108 Å². The van der Waals surface area contributed by atoms with E-state index in [2.05, 4.69) is 16.0 Å². The number of ketones is 2. The second kappa shape index (κ2) is 21.4. The van der Waals surface area contributed by atoms with Crippen LogP contribution in [0, 0.1) is 0 Å². The molecule has 0 saturated heterocycles. The maximum atomic E-state index is 13.4. The van der Waals surface area contributed by atoms with E-state index in [1.807, 2.05) is 6.07 Å². The zero-order valence-corrected chi connectivity index (χ0v) is 26.9. The third kappa shape index (κ3) is 15.3. The number of nitrogens with one attached hydrogen (secondary N) is 3. The first-order valence-electron chi connectivity index (χ1n) is 15.7. The average Bonchev–Trinajstić information content (AvgIpc) is 3.13. The van der Waals surface area contributed by atoms with Crippen LogP contribution in [-0.4, -0.2) is 67.5 Å². The molecule has 260 valence electrons. The van der Waals surface area contributed by atoms with Gasteiger partial charge in [0.1, 0.15) is 26.6 Å². The number of alkyl halides is 1. The van der Waals surface area contributed by atoms with Gasteiger partial charge in [-0.05, 0) is 23.1 Å². The highest BCUT2D eigenvalue weighted by atomic mass is 19.1. The molecule has 0 saturated carbocycles. The molecule has 49 heavy (non-hydrogen) atoms. The minimum absolute atomic E-state index is 0.0428. The van der Waals surface area contributed by atoms with Crippen LogP contribution in [0.4, 0.5) is 9.18 Å². The number of carbonyl (C=O) groups excluding carboxylic acids is 6. The first kappa shape index (κ1) is 38.0. The van der Waals surface area contributed by atoms with E-state index in [0.717, 1.165) is 11.1 Å². The molecule has 3 rings (SSSR count). The lowest BCUT2D eigenvalue weighted by Gasteiger charge is -2.18. The van der Waals surface area contributed by atoms with Crippen LogP contribution < -0.4 is 16.0 Å². The molecule has 3 aromatic carbocycles. The summed E-state index contributed by atoms with van der Waals surface area (Å²) in [6, 6.07) is 25.8. The fourth-order valence-electron chi connectivity index (χ4n) is 4.37. The van der Waals surface area contributed by atoms with Gasteiger partial charge in [-0.15, -0.1) is 0 Å². The molecule has 2 atom stereocenters. The second-order valence-electron chi connectivity index (χ2n) is 10.9. The van der Waals surface area contributed by atoms with Gasteiger partial charge in [0.05, 0.1) is 12.6 Å². The topological polar surface area (TPSA) is 166 Å². The third-order valence-electron chi connectivity index (χ3n) is 7.06. The number of halogens is 1. The molecule has 0 aliphatic carbocycles. The molecule has 1 unspecified atom stereocenters. The van der Waals surface area contributed by atoms with E-state index < -0.39 is 61.0 Å². The summed E-state index contributed by atoms with van der Waals surface area (Å²) in [5.74, 6) is -2.89. The zero-order chi connectivity index (χ0) is 35.3. The number of esters is 1. The first-order chi connectivity index (χ1) is 23.7. The van der Waals surface area contributed by atoms with E-state index in [1.165, 1.54) is 0 Å². The van der Waals surface area contributed by atoms with Gasteiger partial charge in [0.25, 0.3) is 0 Å². The number of hydrogen-bond acceptors (Lipinski definition) is 9. The lowest BCUT2D eigenvalue weighted by molar-refractivity contribution is -0.161. The molecule has 3 aromatic rings. The van der Waals surface area contributed by atoms with Gasteiger partial charge < -0.3 is 30.2 Å². The van der Waals surface area contributed by atoms with Crippen LogP contribution in [0.25, 0.3) is 0 Å². The molecule has 0 radical (unpaired) electrons. The summed E-state index contributed by atoms with van der Waals surface area (Å²) in [6.07, 6.45) is -3.04. The molecule has 3 N–H and O–H groups in total. The van der Waals surface area contributed by atoms with E-state index in [1.54, 1.807) is 84.9 Å². The molecule has 0 aromatic heterocycles. The Labute approximate surface area is 283 Å². The predicted molar refractivity (Wildman–Crippen MR) is 175 cm³/mol. The van der Waals surface area contributed by atoms with Crippen LogP contribution in [0.2, 0.25) is 0 Å². The molecule has 13 heteroatoms. The number of rotatable bonds is 21. The Kier molecular flexibility index (Phi) is 16.6. The van der Waals surface area contributed by atoms with Crippen molar-refractivity contribution in [3.8, 4) is 0 Å². The van der Waals surface area contributed by atoms with Crippen molar-refractivity contribution in [2.75, 3.05) is 20.0 Å². The van der Waals surface area contributed by atoms with E-state index in [-0.39, 0.29) is 51.9 Å². The van der Waals surface area contributed by atoms with Gasteiger partial charge in [-0.1, -0.05) is 91.0 Å². The summed E-state index contributed by atoms with van der Waals surface area (Å²) >= 11 is 0. The fraction of sp³-hybridized carbons (Fsp3) is 0.333. The summed E-state index contributed by atoms with van der Waals surface area (Å²) in [5, 5.41) is 7.38. The fourth-order valence-corrected chi connectivity index (χ4v) is 4.37. The monoisotopic (exact) mass is 677 g/mol. The molecule has 0 aliphatic heterocycles. The summed E-state index contributed by atoms with van der Waals surface area (Å²) in [5.41, 5.74) is 2.27. The second-order valence-corrected chi connectivity index (χ2v) is 10.9. The van der Waals surface area contributed by atoms with E-state index in [4.69, 9.17) is 14.2 Å². The zero-order valence-electron chi connectivity index (χ0n) is 26.9. The Hall–Kier alpha value is -5.43. The van der Waals surface area contributed by atoms with Crippen molar-refractivity contribution < 1.29 is 47.4 Å². The largest absolute Gasteiger partial charge is 0.459 e. The van der Waals surface area contributed by atoms with Crippen LogP contribution >= 0.6 is 0 Å². The number of amides is 3. The Morgan fingerprint density at radius 1 is 0.633 bits per heavy atom. The smallest absolute Gasteiger partial charge is 0.407 e. The van der Waals surface area contributed by atoms with Crippen LogP contribution in [-0.2, 0) is 57.8 Å². The Morgan fingerprint density at radius 2 is 1.18 bits per heavy atom. The maximum Gasteiger partial charge on any atom is 0.407 e. The Bertz CT molecular complexity index is 1510. The van der Waals surface area contributed by atoms with Crippen LogP contribution in [0.15, 0.2) is 91.0 Å². The molecule has 0 spiro atoms. The number of carbonyl (C=O) groups is 6. The molecule has 0 bridgehead atoms.